The van der Waals surface area contributed by atoms with Gasteiger partial charge in [-0.2, -0.15) is 10.4 Å². The van der Waals surface area contributed by atoms with Crippen LogP contribution in [0.2, 0.25) is 0 Å². The highest BCUT2D eigenvalue weighted by Crippen LogP contribution is 2.70. The Labute approximate surface area is 126 Å². The highest BCUT2D eigenvalue weighted by Gasteiger charge is 2.71. The average Bonchev–Trinajstić information content (AvgIpc) is 3.00. The largest absolute Gasteiger partial charge is 0.347 e. The van der Waals surface area contributed by atoms with Gasteiger partial charge in [0, 0.05) is 18.8 Å². The summed E-state index contributed by atoms with van der Waals surface area (Å²) in [7, 11) is 0. The fraction of sp³-hybridized carbons (Fsp3) is 0.533. The van der Waals surface area contributed by atoms with Crippen LogP contribution in [-0.2, 0) is 12.0 Å². The quantitative estimate of drug-likeness (QED) is 0.816. The van der Waals surface area contributed by atoms with Gasteiger partial charge in [-0.3, -0.25) is 14.5 Å². The summed E-state index contributed by atoms with van der Waals surface area (Å²) >= 11 is 0. The first-order valence-corrected chi connectivity index (χ1v) is 7.55. The maximum atomic E-state index is 12.8. The van der Waals surface area contributed by atoms with Gasteiger partial charge < -0.3 is 0 Å². The Hall–Kier alpha value is -2.49. The molecule has 3 fully saturated rings. The lowest BCUT2D eigenvalue weighted by Gasteiger charge is -2.65. The van der Waals surface area contributed by atoms with E-state index < -0.39 is 0 Å². The number of hydrogen-bond acceptors (Lipinski definition) is 5. The summed E-state index contributed by atoms with van der Waals surface area (Å²) in [4.78, 5) is 21.3. The van der Waals surface area contributed by atoms with E-state index >= 15 is 0 Å². The summed E-state index contributed by atoms with van der Waals surface area (Å²) in [6.07, 6.45) is 8.92. The SMILES string of the molecule is N#CC12CC(n3nc4n(c3=O)[C@H](c3cnccn3)CC4)(C1)C2. The zero-order valence-electron chi connectivity index (χ0n) is 11.9. The molecule has 1 atom stereocenters. The third-order valence-electron chi connectivity index (χ3n) is 5.45. The van der Waals surface area contributed by atoms with Crippen molar-refractivity contribution in [3.05, 3.63) is 40.6 Å². The molecule has 1 aliphatic heterocycles. The zero-order valence-corrected chi connectivity index (χ0v) is 11.9. The van der Waals surface area contributed by atoms with Crippen LogP contribution in [0.25, 0.3) is 0 Å². The average molecular weight is 294 g/mol. The lowest BCUT2D eigenvalue weighted by molar-refractivity contribution is -0.155. The fourth-order valence-electron chi connectivity index (χ4n) is 4.45. The molecule has 2 bridgehead atoms. The van der Waals surface area contributed by atoms with E-state index in [4.69, 9.17) is 5.26 Å². The maximum Gasteiger partial charge on any atom is 0.347 e. The van der Waals surface area contributed by atoms with Crippen molar-refractivity contribution in [1.29, 1.82) is 5.26 Å². The first-order chi connectivity index (χ1) is 10.7. The summed E-state index contributed by atoms with van der Waals surface area (Å²) in [5.74, 6) is 0.830. The Morgan fingerprint density at radius 2 is 2.14 bits per heavy atom. The molecule has 7 nitrogen and oxygen atoms in total. The van der Waals surface area contributed by atoms with Crippen LogP contribution in [0, 0.1) is 16.7 Å². The highest BCUT2D eigenvalue weighted by molar-refractivity contribution is 5.29. The highest BCUT2D eigenvalue weighted by atomic mass is 16.2. The van der Waals surface area contributed by atoms with Crippen LogP contribution < -0.4 is 5.69 Å². The molecular weight excluding hydrogens is 280 g/mol. The molecule has 6 rings (SSSR count). The molecule has 0 radical (unpaired) electrons. The van der Waals surface area contributed by atoms with E-state index in [0.717, 1.165) is 43.6 Å². The van der Waals surface area contributed by atoms with E-state index in [1.807, 2.05) is 0 Å². The molecule has 0 aromatic carbocycles. The molecule has 110 valence electrons. The maximum absolute atomic E-state index is 12.8. The lowest BCUT2D eigenvalue weighted by atomic mass is 9.40. The van der Waals surface area contributed by atoms with Crippen LogP contribution in [-0.4, -0.2) is 24.3 Å². The van der Waals surface area contributed by atoms with Crippen molar-refractivity contribution in [2.24, 2.45) is 5.41 Å². The van der Waals surface area contributed by atoms with E-state index in [2.05, 4.69) is 21.1 Å². The molecule has 0 N–H and O–H groups in total. The van der Waals surface area contributed by atoms with Gasteiger partial charge in [-0.25, -0.2) is 9.48 Å². The van der Waals surface area contributed by atoms with Crippen molar-refractivity contribution < 1.29 is 0 Å². The van der Waals surface area contributed by atoms with Crippen LogP contribution in [0.15, 0.2) is 23.4 Å². The third kappa shape index (κ3) is 1.26. The van der Waals surface area contributed by atoms with E-state index in [0.29, 0.717) is 0 Å². The van der Waals surface area contributed by atoms with Crippen molar-refractivity contribution >= 4 is 0 Å². The number of rotatable bonds is 2. The smallest absolute Gasteiger partial charge is 0.270 e. The second-order valence-corrected chi connectivity index (χ2v) is 6.81. The van der Waals surface area contributed by atoms with Gasteiger partial charge in [0.1, 0.15) is 5.82 Å². The standard InChI is InChI=1S/C15H14N6O/c16-9-14-6-15(7-14,8-14)21-13(22)20-11(1-2-12(20)19-21)10-5-17-3-4-18-10/h3-5,11H,1-2,6-8H2/t11-,14?,15?/m0/s1. The second kappa shape index (κ2) is 3.64. The summed E-state index contributed by atoms with van der Waals surface area (Å²) in [6, 6.07) is 2.31. The van der Waals surface area contributed by atoms with E-state index in [-0.39, 0.29) is 22.7 Å². The van der Waals surface area contributed by atoms with Crippen molar-refractivity contribution in [3.63, 3.8) is 0 Å². The molecule has 0 amide bonds. The van der Waals surface area contributed by atoms with E-state index in [1.54, 1.807) is 27.8 Å². The van der Waals surface area contributed by atoms with Crippen LogP contribution in [0.5, 0.6) is 0 Å². The minimum absolute atomic E-state index is 0.0607. The van der Waals surface area contributed by atoms with Crippen LogP contribution in [0.3, 0.4) is 0 Å². The molecule has 0 spiro atoms. The van der Waals surface area contributed by atoms with Gasteiger partial charge in [0.2, 0.25) is 0 Å². The Morgan fingerprint density at radius 1 is 1.32 bits per heavy atom. The first-order valence-electron chi connectivity index (χ1n) is 7.55. The molecule has 2 aromatic rings. The molecule has 2 aromatic heterocycles. The van der Waals surface area contributed by atoms with Crippen molar-refractivity contribution in [1.82, 2.24) is 24.3 Å². The van der Waals surface area contributed by atoms with Crippen molar-refractivity contribution in [2.75, 3.05) is 0 Å². The van der Waals surface area contributed by atoms with Gasteiger partial charge in [0.25, 0.3) is 0 Å². The summed E-state index contributed by atoms with van der Waals surface area (Å²) in [5.41, 5.74) is 0.373. The molecule has 7 heteroatoms. The van der Waals surface area contributed by atoms with E-state index in [9.17, 15) is 4.79 Å². The molecule has 3 aliphatic carbocycles. The minimum atomic E-state index is -0.197. The second-order valence-electron chi connectivity index (χ2n) is 6.81. The van der Waals surface area contributed by atoms with Gasteiger partial charge in [0.15, 0.2) is 0 Å². The predicted octanol–water partition coefficient (Wildman–Crippen LogP) is 0.773. The Bertz CT molecular complexity index is 854. The topological polar surface area (TPSA) is 89.4 Å². The van der Waals surface area contributed by atoms with Crippen LogP contribution >= 0.6 is 0 Å². The molecule has 22 heavy (non-hydrogen) atoms. The molecule has 0 saturated heterocycles. The predicted molar refractivity (Wildman–Crippen MR) is 74.9 cm³/mol. The van der Waals surface area contributed by atoms with Gasteiger partial charge in [-0.1, -0.05) is 0 Å². The summed E-state index contributed by atoms with van der Waals surface area (Å²) < 4.78 is 3.41. The Balaban J connectivity index is 1.56. The number of nitrogens with zero attached hydrogens (tertiary/aromatic N) is 6. The normalized spacial score (nSPS) is 34.4. The Morgan fingerprint density at radius 3 is 2.82 bits per heavy atom. The third-order valence-corrected chi connectivity index (χ3v) is 5.45. The number of fused-ring (bicyclic) bond motifs is 1. The fourth-order valence-corrected chi connectivity index (χ4v) is 4.45. The van der Waals surface area contributed by atoms with Gasteiger partial charge in [0.05, 0.1) is 35.0 Å². The zero-order chi connectivity index (χ0) is 14.9. The summed E-state index contributed by atoms with van der Waals surface area (Å²) in [6.45, 7) is 0. The van der Waals surface area contributed by atoms with Crippen LogP contribution in [0.1, 0.15) is 43.2 Å². The molecule has 3 saturated carbocycles. The number of aryl methyl sites for hydroxylation is 1. The lowest BCUT2D eigenvalue weighted by Crippen LogP contribution is -2.69. The monoisotopic (exact) mass is 294 g/mol. The van der Waals surface area contributed by atoms with Gasteiger partial charge in [-0.15, -0.1) is 0 Å². The molecule has 4 aliphatic rings. The number of hydrogen-bond donors (Lipinski definition) is 0. The van der Waals surface area contributed by atoms with Gasteiger partial charge in [-0.05, 0) is 25.7 Å². The van der Waals surface area contributed by atoms with Crippen LogP contribution in [0.4, 0.5) is 0 Å². The molecular formula is C15H14N6O. The van der Waals surface area contributed by atoms with E-state index in [1.165, 1.54) is 0 Å². The molecule has 0 unspecified atom stereocenters. The first kappa shape index (κ1) is 12.1. The number of nitriles is 1. The summed E-state index contributed by atoms with van der Waals surface area (Å²) in [5, 5.41) is 13.7. The van der Waals surface area contributed by atoms with Gasteiger partial charge >= 0.3 is 5.69 Å². The number of aromatic nitrogens is 5. The minimum Gasteiger partial charge on any atom is -0.270 e. The molecule has 3 heterocycles. The van der Waals surface area contributed by atoms with Crippen molar-refractivity contribution in [3.8, 4) is 6.07 Å². The van der Waals surface area contributed by atoms with Crippen molar-refractivity contribution in [2.45, 2.75) is 43.7 Å². The Kier molecular flexibility index (Phi) is 2.00.